The van der Waals surface area contributed by atoms with E-state index in [0.29, 0.717) is 11.7 Å². The lowest BCUT2D eigenvalue weighted by atomic mass is 10.2. The summed E-state index contributed by atoms with van der Waals surface area (Å²) in [6.45, 7) is 3.88. The van der Waals surface area contributed by atoms with Gasteiger partial charge in [-0.1, -0.05) is 25.0 Å². The van der Waals surface area contributed by atoms with Crippen LogP contribution in [-0.2, 0) is 0 Å². The molecule has 20 heavy (non-hydrogen) atoms. The van der Waals surface area contributed by atoms with E-state index in [4.69, 9.17) is 0 Å². The van der Waals surface area contributed by atoms with Gasteiger partial charge in [0.05, 0.1) is 11.4 Å². The van der Waals surface area contributed by atoms with Crippen LogP contribution in [0.2, 0.25) is 0 Å². The SMILES string of the molecule is Cc1cn(C2CCCC2)c(Nc2c(C)cccc2F)n1. The highest BCUT2D eigenvalue weighted by atomic mass is 19.1. The number of halogens is 1. The van der Waals surface area contributed by atoms with Gasteiger partial charge in [-0.25, -0.2) is 9.37 Å². The molecule has 1 aliphatic carbocycles. The van der Waals surface area contributed by atoms with Crippen molar-refractivity contribution in [3.8, 4) is 0 Å². The highest BCUT2D eigenvalue weighted by Gasteiger charge is 2.21. The molecule has 2 aromatic rings. The first-order valence-corrected chi connectivity index (χ1v) is 7.23. The summed E-state index contributed by atoms with van der Waals surface area (Å²) in [7, 11) is 0. The van der Waals surface area contributed by atoms with Crippen molar-refractivity contribution in [2.45, 2.75) is 45.6 Å². The molecule has 1 aromatic carbocycles. The van der Waals surface area contributed by atoms with Crippen molar-refractivity contribution in [1.29, 1.82) is 0 Å². The number of nitrogens with zero attached hydrogens (tertiary/aromatic N) is 2. The van der Waals surface area contributed by atoms with Gasteiger partial charge in [0.15, 0.2) is 0 Å². The third-order valence-electron chi connectivity index (χ3n) is 4.03. The van der Waals surface area contributed by atoms with Crippen molar-refractivity contribution in [3.05, 3.63) is 41.5 Å². The number of aryl methyl sites for hydroxylation is 2. The van der Waals surface area contributed by atoms with Crippen molar-refractivity contribution >= 4 is 11.6 Å². The predicted octanol–water partition coefficient (Wildman–Crippen LogP) is 4.50. The molecule has 0 bridgehead atoms. The van der Waals surface area contributed by atoms with Crippen LogP contribution in [0, 0.1) is 19.7 Å². The van der Waals surface area contributed by atoms with Gasteiger partial charge in [0.25, 0.3) is 0 Å². The molecule has 1 N–H and O–H groups in total. The fourth-order valence-corrected chi connectivity index (χ4v) is 2.97. The maximum absolute atomic E-state index is 14.0. The average molecular weight is 273 g/mol. The number of hydrogen-bond donors (Lipinski definition) is 1. The van der Waals surface area contributed by atoms with Crippen LogP contribution >= 0.6 is 0 Å². The number of benzene rings is 1. The number of nitrogens with one attached hydrogen (secondary N) is 1. The van der Waals surface area contributed by atoms with Crippen molar-refractivity contribution in [2.75, 3.05) is 5.32 Å². The first-order chi connectivity index (χ1) is 9.65. The number of para-hydroxylation sites is 1. The standard InChI is InChI=1S/C16H20FN3/c1-11-6-5-9-14(17)15(11)19-16-18-12(2)10-20(16)13-7-3-4-8-13/h5-6,9-10,13H,3-4,7-8H2,1-2H3,(H,18,19). The van der Waals surface area contributed by atoms with E-state index in [1.54, 1.807) is 6.07 Å². The Balaban J connectivity index is 1.94. The zero-order valence-corrected chi connectivity index (χ0v) is 12.0. The summed E-state index contributed by atoms with van der Waals surface area (Å²) in [6, 6.07) is 5.60. The van der Waals surface area contributed by atoms with E-state index in [1.165, 1.54) is 31.7 Å². The highest BCUT2D eigenvalue weighted by Crippen LogP contribution is 2.33. The Morgan fingerprint density at radius 1 is 1.25 bits per heavy atom. The van der Waals surface area contributed by atoms with Crippen LogP contribution in [0.15, 0.2) is 24.4 Å². The van der Waals surface area contributed by atoms with Crippen molar-refractivity contribution in [1.82, 2.24) is 9.55 Å². The second kappa shape index (κ2) is 5.27. The fourth-order valence-electron chi connectivity index (χ4n) is 2.97. The van der Waals surface area contributed by atoms with Crippen molar-refractivity contribution in [2.24, 2.45) is 0 Å². The van der Waals surface area contributed by atoms with Crippen LogP contribution < -0.4 is 5.32 Å². The van der Waals surface area contributed by atoms with E-state index in [-0.39, 0.29) is 5.82 Å². The molecule has 0 spiro atoms. The zero-order chi connectivity index (χ0) is 14.1. The first-order valence-electron chi connectivity index (χ1n) is 7.23. The van der Waals surface area contributed by atoms with Gasteiger partial charge in [-0.15, -0.1) is 0 Å². The molecule has 1 aliphatic rings. The normalized spacial score (nSPS) is 15.8. The molecule has 1 saturated carbocycles. The van der Waals surface area contributed by atoms with Crippen molar-refractivity contribution in [3.63, 3.8) is 0 Å². The molecular weight excluding hydrogens is 253 g/mol. The third kappa shape index (κ3) is 2.42. The van der Waals surface area contributed by atoms with E-state index in [0.717, 1.165) is 17.2 Å². The maximum atomic E-state index is 14.0. The van der Waals surface area contributed by atoms with Gasteiger partial charge in [0.1, 0.15) is 5.82 Å². The van der Waals surface area contributed by atoms with E-state index in [2.05, 4.69) is 21.1 Å². The number of imidazole rings is 1. The summed E-state index contributed by atoms with van der Waals surface area (Å²) >= 11 is 0. The Labute approximate surface area is 118 Å². The quantitative estimate of drug-likeness (QED) is 0.892. The molecule has 0 atom stereocenters. The molecule has 3 nitrogen and oxygen atoms in total. The summed E-state index contributed by atoms with van der Waals surface area (Å²) in [4.78, 5) is 4.52. The van der Waals surface area contributed by atoms with Gasteiger partial charge in [-0.05, 0) is 38.3 Å². The summed E-state index contributed by atoms with van der Waals surface area (Å²) in [6.07, 6.45) is 6.95. The fraction of sp³-hybridized carbons (Fsp3) is 0.438. The van der Waals surface area contributed by atoms with Gasteiger partial charge in [-0.2, -0.15) is 0 Å². The van der Waals surface area contributed by atoms with Gasteiger partial charge in [0, 0.05) is 12.2 Å². The zero-order valence-electron chi connectivity index (χ0n) is 12.0. The third-order valence-corrected chi connectivity index (χ3v) is 4.03. The number of hydrogen-bond acceptors (Lipinski definition) is 2. The largest absolute Gasteiger partial charge is 0.323 e. The van der Waals surface area contributed by atoms with Crippen LogP contribution in [0.4, 0.5) is 16.0 Å². The van der Waals surface area contributed by atoms with Gasteiger partial charge >= 0.3 is 0 Å². The van der Waals surface area contributed by atoms with Gasteiger partial charge < -0.3 is 9.88 Å². The lowest BCUT2D eigenvalue weighted by molar-refractivity contribution is 0.524. The molecule has 0 unspecified atom stereocenters. The van der Waals surface area contributed by atoms with E-state index in [1.807, 2.05) is 19.9 Å². The minimum absolute atomic E-state index is 0.233. The number of aromatic nitrogens is 2. The van der Waals surface area contributed by atoms with E-state index >= 15 is 0 Å². The monoisotopic (exact) mass is 273 g/mol. The van der Waals surface area contributed by atoms with E-state index in [9.17, 15) is 4.39 Å². The molecule has 4 heteroatoms. The Morgan fingerprint density at radius 2 is 2.00 bits per heavy atom. The first kappa shape index (κ1) is 13.2. The number of anilines is 2. The molecule has 0 radical (unpaired) electrons. The van der Waals surface area contributed by atoms with E-state index < -0.39 is 0 Å². The highest BCUT2D eigenvalue weighted by molar-refractivity contribution is 5.59. The summed E-state index contributed by atoms with van der Waals surface area (Å²) < 4.78 is 16.1. The molecule has 3 rings (SSSR count). The molecule has 1 fully saturated rings. The summed E-state index contributed by atoms with van der Waals surface area (Å²) in [5, 5.41) is 3.18. The Hall–Kier alpha value is -1.84. The summed E-state index contributed by atoms with van der Waals surface area (Å²) in [5.74, 6) is 0.520. The Bertz CT molecular complexity index is 592. The van der Waals surface area contributed by atoms with Gasteiger partial charge in [-0.3, -0.25) is 0 Å². The average Bonchev–Trinajstić information content (AvgIpc) is 3.03. The molecular formula is C16H20FN3. The van der Waals surface area contributed by atoms with Crippen LogP contribution in [0.25, 0.3) is 0 Å². The van der Waals surface area contributed by atoms with Crippen LogP contribution in [0.1, 0.15) is 43.0 Å². The Morgan fingerprint density at radius 3 is 2.70 bits per heavy atom. The second-order valence-electron chi connectivity index (χ2n) is 5.61. The number of rotatable bonds is 3. The maximum Gasteiger partial charge on any atom is 0.207 e. The minimum Gasteiger partial charge on any atom is -0.323 e. The second-order valence-corrected chi connectivity index (χ2v) is 5.61. The molecule has 0 saturated heterocycles. The van der Waals surface area contributed by atoms with Crippen LogP contribution in [0.5, 0.6) is 0 Å². The summed E-state index contributed by atoms with van der Waals surface area (Å²) in [5.41, 5.74) is 2.38. The van der Waals surface area contributed by atoms with Crippen LogP contribution in [-0.4, -0.2) is 9.55 Å². The predicted molar refractivity (Wildman–Crippen MR) is 78.9 cm³/mol. The topological polar surface area (TPSA) is 29.9 Å². The molecule has 0 aliphatic heterocycles. The van der Waals surface area contributed by atoms with Gasteiger partial charge in [0.2, 0.25) is 5.95 Å². The molecule has 106 valence electrons. The van der Waals surface area contributed by atoms with Crippen LogP contribution in [0.3, 0.4) is 0 Å². The lowest BCUT2D eigenvalue weighted by Crippen LogP contribution is -2.09. The Kier molecular flexibility index (Phi) is 3.47. The van der Waals surface area contributed by atoms with Crippen molar-refractivity contribution < 1.29 is 4.39 Å². The molecule has 0 amide bonds. The molecule has 1 aromatic heterocycles. The lowest BCUT2D eigenvalue weighted by Gasteiger charge is -2.16. The smallest absolute Gasteiger partial charge is 0.207 e. The molecule has 1 heterocycles. The minimum atomic E-state index is -0.233.